The monoisotopic (exact) mass is 275 g/mol. The van der Waals surface area contributed by atoms with E-state index in [9.17, 15) is 0 Å². The van der Waals surface area contributed by atoms with Crippen molar-refractivity contribution in [3.63, 3.8) is 0 Å². The first kappa shape index (κ1) is 14.1. The average molecular weight is 275 g/mol. The van der Waals surface area contributed by atoms with Gasteiger partial charge in [0.1, 0.15) is 17.3 Å². The maximum absolute atomic E-state index is 5.80. The third-order valence-corrected chi connectivity index (χ3v) is 2.70. The molecule has 2 rings (SSSR count). The predicted molar refractivity (Wildman–Crippen MR) is 75.7 cm³/mol. The second kappa shape index (κ2) is 6.21. The van der Waals surface area contributed by atoms with Crippen molar-refractivity contribution in [2.75, 3.05) is 27.1 Å². The van der Waals surface area contributed by atoms with Crippen molar-refractivity contribution in [3.8, 4) is 22.9 Å². The third kappa shape index (κ3) is 3.16. The Morgan fingerprint density at radius 2 is 1.60 bits per heavy atom. The maximum Gasteiger partial charge on any atom is 0.162 e. The molecule has 0 aliphatic carbocycles. The summed E-state index contributed by atoms with van der Waals surface area (Å²) in [6.45, 7) is 0.376. The molecule has 2 aromatic rings. The van der Waals surface area contributed by atoms with E-state index in [1.807, 2.05) is 12.1 Å². The van der Waals surface area contributed by atoms with Crippen LogP contribution in [0.3, 0.4) is 0 Å². The minimum absolute atomic E-state index is 0.376. The van der Waals surface area contributed by atoms with E-state index >= 15 is 0 Å². The second-order valence-electron chi connectivity index (χ2n) is 4.14. The maximum atomic E-state index is 5.80. The van der Waals surface area contributed by atoms with Crippen molar-refractivity contribution in [1.82, 2.24) is 9.97 Å². The first-order chi connectivity index (χ1) is 9.66. The number of nitrogens with two attached hydrogens (primary N) is 1. The Bertz CT molecular complexity index is 580. The largest absolute Gasteiger partial charge is 0.497 e. The van der Waals surface area contributed by atoms with E-state index in [-0.39, 0.29) is 0 Å². The van der Waals surface area contributed by atoms with Crippen molar-refractivity contribution in [3.05, 3.63) is 30.0 Å². The Hall–Kier alpha value is -2.34. The van der Waals surface area contributed by atoms with Gasteiger partial charge in [-0.15, -0.1) is 0 Å². The van der Waals surface area contributed by atoms with Gasteiger partial charge < -0.3 is 19.9 Å². The smallest absolute Gasteiger partial charge is 0.162 e. The number of aromatic nitrogens is 2. The first-order valence-corrected chi connectivity index (χ1v) is 6.02. The molecule has 0 unspecified atom stereocenters. The van der Waals surface area contributed by atoms with Crippen LogP contribution in [0.2, 0.25) is 0 Å². The van der Waals surface area contributed by atoms with Crippen LogP contribution >= 0.6 is 0 Å². The number of benzene rings is 1. The fraction of sp³-hybridized carbons (Fsp3) is 0.286. The normalized spacial score (nSPS) is 10.3. The molecular formula is C14H17N3O3. The Kier molecular flexibility index (Phi) is 4.37. The first-order valence-electron chi connectivity index (χ1n) is 6.02. The average Bonchev–Trinajstić information content (AvgIpc) is 2.46. The molecule has 0 aliphatic heterocycles. The van der Waals surface area contributed by atoms with E-state index in [1.165, 1.54) is 0 Å². The number of nitrogen functional groups attached to an aromatic ring is 1. The minimum atomic E-state index is 0.376. The highest BCUT2D eigenvalue weighted by molar-refractivity contribution is 5.62. The summed E-state index contributed by atoms with van der Waals surface area (Å²) in [5, 5.41) is 0. The van der Waals surface area contributed by atoms with Gasteiger partial charge in [0.15, 0.2) is 5.82 Å². The molecule has 1 aromatic heterocycles. The number of anilines is 1. The molecule has 20 heavy (non-hydrogen) atoms. The van der Waals surface area contributed by atoms with Crippen molar-refractivity contribution in [1.29, 1.82) is 0 Å². The lowest BCUT2D eigenvalue weighted by Crippen LogP contribution is -2.01. The summed E-state index contributed by atoms with van der Waals surface area (Å²) in [5.41, 5.74) is 7.29. The SMILES string of the molecule is COCc1cc(N)nc(-c2cc(OC)cc(OC)c2)n1. The topological polar surface area (TPSA) is 79.5 Å². The van der Waals surface area contributed by atoms with Crippen molar-refractivity contribution in [2.45, 2.75) is 6.61 Å². The molecule has 1 aromatic carbocycles. The van der Waals surface area contributed by atoms with Crippen LogP contribution in [0, 0.1) is 0 Å². The van der Waals surface area contributed by atoms with Crippen LogP contribution in [0.25, 0.3) is 11.4 Å². The van der Waals surface area contributed by atoms with Gasteiger partial charge in [-0.2, -0.15) is 0 Å². The second-order valence-corrected chi connectivity index (χ2v) is 4.14. The summed E-state index contributed by atoms with van der Waals surface area (Å²) in [5.74, 6) is 2.23. The quantitative estimate of drug-likeness (QED) is 0.897. The van der Waals surface area contributed by atoms with E-state index in [4.69, 9.17) is 19.9 Å². The number of nitrogens with zero attached hydrogens (tertiary/aromatic N) is 2. The predicted octanol–water partition coefficient (Wildman–Crippen LogP) is 1.89. The molecule has 0 amide bonds. The lowest BCUT2D eigenvalue weighted by molar-refractivity contribution is 0.181. The molecular weight excluding hydrogens is 258 g/mol. The van der Waals surface area contributed by atoms with E-state index in [2.05, 4.69) is 9.97 Å². The van der Waals surface area contributed by atoms with Crippen LogP contribution in [-0.2, 0) is 11.3 Å². The van der Waals surface area contributed by atoms with Crippen molar-refractivity contribution in [2.24, 2.45) is 0 Å². The Balaban J connectivity index is 2.49. The lowest BCUT2D eigenvalue weighted by Gasteiger charge is -2.09. The van der Waals surface area contributed by atoms with E-state index in [1.54, 1.807) is 33.5 Å². The zero-order chi connectivity index (χ0) is 14.5. The number of rotatable bonds is 5. The molecule has 6 heteroatoms. The van der Waals surface area contributed by atoms with Gasteiger partial charge in [-0.1, -0.05) is 0 Å². The molecule has 0 saturated heterocycles. The molecule has 106 valence electrons. The number of methoxy groups -OCH3 is 3. The molecule has 2 N–H and O–H groups in total. The third-order valence-electron chi connectivity index (χ3n) is 2.70. The van der Waals surface area contributed by atoms with Gasteiger partial charge in [0.2, 0.25) is 0 Å². The summed E-state index contributed by atoms with van der Waals surface area (Å²) in [4.78, 5) is 8.65. The molecule has 0 radical (unpaired) electrons. The van der Waals surface area contributed by atoms with Gasteiger partial charge in [-0.3, -0.25) is 0 Å². The van der Waals surface area contributed by atoms with E-state index < -0.39 is 0 Å². The van der Waals surface area contributed by atoms with Gasteiger partial charge in [0, 0.05) is 24.8 Å². The van der Waals surface area contributed by atoms with Crippen molar-refractivity contribution >= 4 is 5.82 Å². The molecule has 0 spiro atoms. The molecule has 6 nitrogen and oxygen atoms in total. The standard InChI is InChI=1S/C14H17N3O3/c1-18-8-10-6-13(15)17-14(16-10)9-4-11(19-2)7-12(5-9)20-3/h4-7H,8H2,1-3H3,(H2,15,16,17). The van der Waals surface area contributed by atoms with E-state index in [0.717, 1.165) is 11.3 Å². The molecule has 0 fully saturated rings. The Morgan fingerprint density at radius 1 is 0.950 bits per heavy atom. The van der Waals surface area contributed by atoms with Gasteiger partial charge in [0.05, 0.1) is 26.5 Å². The van der Waals surface area contributed by atoms with Crippen molar-refractivity contribution < 1.29 is 14.2 Å². The molecule has 0 saturated carbocycles. The van der Waals surface area contributed by atoms with Gasteiger partial charge in [-0.05, 0) is 12.1 Å². The van der Waals surface area contributed by atoms with Crippen LogP contribution in [0.1, 0.15) is 5.69 Å². The summed E-state index contributed by atoms with van der Waals surface area (Å²) in [6, 6.07) is 7.12. The molecule has 0 bridgehead atoms. The van der Waals surface area contributed by atoms with Crippen LogP contribution in [0.4, 0.5) is 5.82 Å². The highest BCUT2D eigenvalue weighted by atomic mass is 16.5. The number of ether oxygens (including phenoxy) is 3. The number of hydrogen-bond acceptors (Lipinski definition) is 6. The minimum Gasteiger partial charge on any atom is -0.497 e. The highest BCUT2D eigenvalue weighted by Crippen LogP contribution is 2.28. The van der Waals surface area contributed by atoms with Gasteiger partial charge in [-0.25, -0.2) is 9.97 Å². The summed E-state index contributed by atoms with van der Waals surface area (Å²) in [6.07, 6.45) is 0. The summed E-state index contributed by atoms with van der Waals surface area (Å²) in [7, 11) is 4.79. The molecule has 1 heterocycles. The lowest BCUT2D eigenvalue weighted by atomic mass is 10.2. The fourth-order valence-corrected chi connectivity index (χ4v) is 1.81. The van der Waals surface area contributed by atoms with Crippen LogP contribution in [0.15, 0.2) is 24.3 Å². The summed E-state index contributed by atoms with van der Waals surface area (Å²) >= 11 is 0. The molecule has 0 atom stereocenters. The van der Waals surface area contributed by atoms with Gasteiger partial charge >= 0.3 is 0 Å². The van der Waals surface area contributed by atoms with Crippen LogP contribution in [-0.4, -0.2) is 31.3 Å². The Labute approximate surface area is 117 Å². The van der Waals surface area contributed by atoms with E-state index in [0.29, 0.717) is 29.7 Å². The summed E-state index contributed by atoms with van der Waals surface area (Å²) < 4.78 is 15.5. The highest BCUT2D eigenvalue weighted by Gasteiger charge is 2.09. The fourth-order valence-electron chi connectivity index (χ4n) is 1.81. The zero-order valence-corrected chi connectivity index (χ0v) is 11.7. The van der Waals surface area contributed by atoms with Crippen LogP contribution < -0.4 is 15.2 Å². The number of hydrogen-bond donors (Lipinski definition) is 1. The van der Waals surface area contributed by atoms with Crippen LogP contribution in [0.5, 0.6) is 11.5 Å². The Morgan fingerprint density at radius 3 is 2.15 bits per heavy atom. The van der Waals surface area contributed by atoms with Gasteiger partial charge in [0.25, 0.3) is 0 Å². The molecule has 0 aliphatic rings. The zero-order valence-electron chi connectivity index (χ0n) is 11.7.